The van der Waals surface area contributed by atoms with Crippen molar-refractivity contribution in [2.24, 2.45) is 0 Å². The van der Waals surface area contributed by atoms with Crippen molar-refractivity contribution in [3.63, 3.8) is 0 Å². The van der Waals surface area contributed by atoms with E-state index in [1.807, 2.05) is 0 Å². The first-order chi connectivity index (χ1) is 11.1. The molecule has 0 aliphatic carbocycles. The van der Waals surface area contributed by atoms with E-state index in [2.05, 4.69) is 5.32 Å². The molecule has 0 aliphatic rings. The van der Waals surface area contributed by atoms with E-state index in [0.29, 0.717) is 22.4 Å². The Balaban J connectivity index is 1.99. The molecule has 0 fully saturated rings. The van der Waals surface area contributed by atoms with Crippen molar-refractivity contribution in [3.8, 4) is 5.75 Å². The normalized spacial score (nSPS) is 10.5. The molecule has 6 heteroatoms. The van der Waals surface area contributed by atoms with Gasteiger partial charge in [-0.3, -0.25) is 10.2 Å². The zero-order valence-electron chi connectivity index (χ0n) is 12.2. The van der Waals surface area contributed by atoms with Crippen LogP contribution < -0.4 is 15.6 Å². The van der Waals surface area contributed by atoms with Crippen LogP contribution in [-0.2, 0) is 0 Å². The maximum atomic E-state index is 12.9. The summed E-state index contributed by atoms with van der Waals surface area (Å²) in [5, 5.41) is 11.2. The first-order valence-corrected chi connectivity index (χ1v) is 6.81. The molecule has 3 aromatic rings. The number of ether oxygens (including phenoxy) is 1. The Morgan fingerprint density at radius 1 is 1.22 bits per heavy atom. The van der Waals surface area contributed by atoms with Gasteiger partial charge >= 0.3 is 0 Å². The summed E-state index contributed by atoms with van der Waals surface area (Å²) < 4.78 is 23.5. The second-order valence-corrected chi connectivity index (χ2v) is 4.83. The summed E-state index contributed by atoms with van der Waals surface area (Å²) in [5.74, 6) is -0.409. The number of carbonyl (C=O) groups excluding carboxylic acids is 1. The van der Waals surface area contributed by atoms with Crippen LogP contribution >= 0.6 is 0 Å². The molecule has 1 heterocycles. The summed E-state index contributed by atoms with van der Waals surface area (Å²) in [6.07, 6.45) is 0. The summed E-state index contributed by atoms with van der Waals surface area (Å²) in [6, 6.07) is 12.2. The minimum Gasteiger partial charge on any atom is -0.493 e. The molecule has 0 saturated heterocycles. The predicted molar refractivity (Wildman–Crippen MR) is 83.0 cm³/mol. The number of para-hydroxylation sites is 1. The summed E-state index contributed by atoms with van der Waals surface area (Å²) in [7, 11) is 1.50. The van der Waals surface area contributed by atoms with E-state index >= 15 is 0 Å². The Hall–Kier alpha value is -3.15. The number of fused-ring (bicyclic) bond motifs is 1. The third-order valence-electron chi connectivity index (χ3n) is 3.32. The second kappa shape index (κ2) is 5.92. The van der Waals surface area contributed by atoms with E-state index < -0.39 is 11.7 Å². The number of amides is 1. The zero-order chi connectivity index (χ0) is 16.4. The maximum absolute atomic E-state index is 12.9. The van der Waals surface area contributed by atoms with Crippen molar-refractivity contribution in [1.82, 2.24) is 0 Å². The fourth-order valence-electron chi connectivity index (χ4n) is 2.19. The van der Waals surface area contributed by atoms with Crippen LogP contribution in [0.15, 0.2) is 52.9 Å². The van der Waals surface area contributed by atoms with Crippen LogP contribution in [0, 0.1) is 11.2 Å². The molecule has 0 radical (unpaired) electrons. The van der Waals surface area contributed by atoms with Crippen LogP contribution in [0.2, 0.25) is 0 Å². The molecule has 0 saturated carbocycles. The highest BCUT2D eigenvalue weighted by Crippen LogP contribution is 2.24. The Labute approximate surface area is 130 Å². The maximum Gasteiger partial charge on any atom is 0.261 e. The Morgan fingerprint density at radius 2 is 1.96 bits per heavy atom. The van der Waals surface area contributed by atoms with Gasteiger partial charge in [0, 0.05) is 11.1 Å². The highest BCUT2D eigenvalue weighted by Gasteiger charge is 2.13. The Bertz CT molecular complexity index is 933. The number of benzene rings is 2. The van der Waals surface area contributed by atoms with Crippen LogP contribution in [0.25, 0.3) is 11.0 Å². The van der Waals surface area contributed by atoms with Gasteiger partial charge in [0.15, 0.2) is 11.3 Å². The lowest BCUT2D eigenvalue weighted by Gasteiger charge is -2.08. The molecule has 0 unspecified atom stereocenters. The topological polar surface area (TPSA) is 75.3 Å². The third-order valence-corrected chi connectivity index (χ3v) is 3.32. The van der Waals surface area contributed by atoms with Gasteiger partial charge < -0.3 is 14.5 Å². The van der Waals surface area contributed by atoms with Gasteiger partial charge in [-0.15, -0.1) is 0 Å². The molecule has 0 aliphatic heterocycles. The summed E-state index contributed by atoms with van der Waals surface area (Å²) in [5.41, 5.74) is 0.636. The number of rotatable bonds is 3. The third kappa shape index (κ3) is 2.91. The highest BCUT2D eigenvalue weighted by molar-refractivity contribution is 6.05. The molecule has 23 heavy (non-hydrogen) atoms. The first kappa shape index (κ1) is 14.8. The van der Waals surface area contributed by atoms with Crippen LogP contribution in [0.1, 0.15) is 10.4 Å². The molecule has 1 aromatic heterocycles. The van der Waals surface area contributed by atoms with Crippen molar-refractivity contribution in [3.05, 3.63) is 65.5 Å². The molecule has 2 aromatic carbocycles. The predicted octanol–water partition coefficient (Wildman–Crippen LogP) is 3.31. The highest BCUT2D eigenvalue weighted by atomic mass is 19.1. The summed E-state index contributed by atoms with van der Waals surface area (Å²) >= 11 is 0. The lowest BCUT2D eigenvalue weighted by atomic mass is 10.1. The monoisotopic (exact) mass is 312 g/mol. The Kier molecular flexibility index (Phi) is 3.80. The molecule has 1 amide bonds. The second-order valence-electron chi connectivity index (χ2n) is 4.83. The number of halogens is 1. The van der Waals surface area contributed by atoms with Gasteiger partial charge in [-0.2, -0.15) is 0 Å². The first-order valence-electron chi connectivity index (χ1n) is 6.81. The summed E-state index contributed by atoms with van der Waals surface area (Å²) in [6.45, 7) is 0. The number of hydrogen-bond donors (Lipinski definition) is 2. The van der Waals surface area contributed by atoms with Crippen molar-refractivity contribution in [2.45, 2.75) is 0 Å². The van der Waals surface area contributed by atoms with Gasteiger partial charge in [0.25, 0.3) is 5.91 Å². The number of carbonyl (C=O) groups is 1. The molecule has 2 N–H and O–H groups in total. The largest absolute Gasteiger partial charge is 0.493 e. The smallest absolute Gasteiger partial charge is 0.261 e. The SMILES string of the molecule is COc1cccc2cc(C(=O)Nc3ccc(F)cc3)c(=N)oc12. The van der Waals surface area contributed by atoms with Gasteiger partial charge in [0.05, 0.1) is 7.11 Å². The average molecular weight is 312 g/mol. The van der Waals surface area contributed by atoms with Crippen molar-refractivity contribution in [2.75, 3.05) is 12.4 Å². The molecular weight excluding hydrogens is 299 g/mol. The molecule has 0 atom stereocenters. The molecule has 116 valence electrons. The van der Waals surface area contributed by atoms with E-state index in [9.17, 15) is 9.18 Å². The summed E-state index contributed by atoms with van der Waals surface area (Å²) in [4.78, 5) is 12.3. The van der Waals surface area contributed by atoms with Gasteiger partial charge in [-0.05, 0) is 36.4 Å². The average Bonchev–Trinajstić information content (AvgIpc) is 2.55. The fourth-order valence-corrected chi connectivity index (χ4v) is 2.19. The van der Waals surface area contributed by atoms with Gasteiger partial charge in [-0.25, -0.2) is 4.39 Å². The van der Waals surface area contributed by atoms with Crippen LogP contribution in [-0.4, -0.2) is 13.0 Å². The van der Waals surface area contributed by atoms with Crippen molar-refractivity contribution in [1.29, 1.82) is 5.41 Å². The lowest BCUT2D eigenvalue weighted by Crippen LogP contribution is -2.20. The molecule has 0 bridgehead atoms. The van der Waals surface area contributed by atoms with E-state index in [1.54, 1.807) is 24.3 Å². The van der Waals surface area contributed by atoms with E-state index in [-0.39, 0.29) is 11.1 Å². The molecule has 3 rings (SSSR count). The molecular formula is C17H13FN2O3. The van der Waals surface area contributed by atoms with E-state index in [1.165, 1.54) is 31.4 Å². The number of nitrogens with one attached hydrogen (secondary N) is 2. The zero-order valence-corrected chi connectivity index (χ0v) is 12.2. The number of anilines is 1. The van der Waals surface area contributed by atoms with Gasteiger partial charge in [-0.1, -0.05) is 12.1 Å². The molecule has 0 spiro atoms. The number of hydrogen-bond acceptors (Lipinski definition) is 4. The van der Waals surface area contributed by atoms with Gasteiger partial charge in [0.1, 0.15) is 11.4 Å². The lowest BCUT2D eigenvalue weighted by molar-refractivity contribution is 0.102. The number of methoxy groups -OCH3 is 1. The van der Waals surface area contributed by atoms with Crippen molar-refractivity contribution < 1.29 is 18.3 Å². The van der Waals surface area contributed by atoms with E-state index in [0.717, 1.165) is 0 Å². The van der Waals surface area contributed by atoms with Crippen LogP contribution in [0.5, 0.6) is 5.75 Å². The molecule has 5 nitrogen and oxygen atoms in total. The fraction of sp³-hybridized carbons (Fsp3) is 0.0588. The van der Waals surface area contributed by atoms with E-state index in [4.69, 9.17) is 14.6 Å². The Morgan fingerprint density at radius 3 is 2.65 bits per heavy atom. The van der Waals surface area contributed by atoms with Crippen molar-refractivity contribution >= 4 is 22.6 Å². The van der Waals surface area contributed by atoms with Gasteiger partial charge in [0.2, 0.25) is 5.55 Å². The van der Waals surface area contributed by atoms with Crippen LogP contribution in [0.3, 0.4) is 0 Å². The minimum absolute atomic E-state index is 0.0788. The minimum atomic E-state index is -0.505. The van der Waals surface area contributed by atoms with Crippen LogP contribution in [0.4, 0.5) is 10.1 Å². The standard InChI is InChI=1S/C17H13FN2O3/c1-22-14-4-2-3-10-9-13(16(19)23-15(10)14)17(21)20-12-7-5-11(18)6-8-12/h2-9,19H,1H3,(H,20,21). The quantitative estimate of drug-likeness (QED) is 0.779.